The number of phenols is 1. The standard InChI is InChI=1S/C23H20O11/c1-10(24)30-16-6-5-14(7-17(16)31-11(2)25)22-23(33-13(4)27)21(29)20-18(32-12(3)26)8-15(28)9-19(20)34-22/h5-9,22-23,28H,1-4H3/t22-,23+/m1/s1. The van der Waals surface area contributed by atoms with E-state index in [1.165, 1.54) is 18.2 Å². The van der Waals surface area contributed by atoms with E-state index in [1.807, 2.05) is 0 Å². The number of Topliss-reactive ketones (excluding diaryl/α,β-unsaturated/α-hetero) is 1. The van der Waals surface area contributed by atoms with E-state index in [0.29, 0.717) is 0 Å². The summed E-state index contributed by atoms with van der Waals surface area (Å²) in [6, 6.07) is 6.21. The van der Waals surface area contributed by atoms with E-state index in [1.54, 1.807) is 0 Å². The highest BCUT2D eigenvalue weighted by Gasteiger charge is 2.43. The zero-order valence-corrected chi connectivity index (χ0v) is 18.6. The number of benzene rings is 2. The Kier molecular flexibility index (Phi) is 6.85. The summed E-state index contributed by atoms with van der Waals surface area (Å²) >= 11 is 0. The lowest BCUT2D eigenvalue weighted by Gasteiger charge is -2.33. The van der Waals surface area contributed by atoms with Crippen molar-refractivity contribution in [3.8, 4) is 28.7 Å². The summed E-state index contributed by atoms with van der Waals surface area (Å²) in [5, 5.41) is 10.0. The predicted octanol–water partition coefficient (Wildman–Crippen LogP) is 2.42. The van der Waals surface area contributed by atoms with Crippen molar-refractivity contribution >= 4 is 29.7 Å². The van der Waals surface area contributed by atoms with Crippen molar-refractivity contribution in [3.05, 3.63) is 41.5 Å². The quantitative estimate of drug-likeness (QED) is 0.504. The van der Waals surface area contributed by atoms with Crippen molar-refractivity contribution in [2.45, 2.75) is 39.9 Å². The molecule has 0 aliphatic carbocycles. The van der Waals surface area contributed by atoms with E-state index in [0.717, 1.165) is 39.8 Å². The monoisotopic (exact) mass is 472 g/mol. The normalized spacial score (nSPS) is 16.5. The van der Waals surface area contributed by atoms with Crippen molar-refractivity contribution < 1.29 is 52.8 Å². The van der Waals surface area contributed by atoms with Gasteiger partial charge in [0.2, 0.25) is 11.9 Å². The maximum Gasteiger partial charge on any atom is 0.308 e. The van der Waals surface area contributed by atoms with E-state index in [9.17, 15) is 29.1 Å². The summed E-state index contributed by atoms with van der Waals surface area (Å²) in [4.78, 5) is 59.5. The molecule has 0 amide bonds. The second kappa shape index (κ2) is 9.61. The minimum absolute atomic E-state index is 0.0622. The van der Waals surface area contributed by atoms with Crippen LogP contribution in [-0.4, -0.2) is 40.9 Å². The molecule has 3 rings (SSSR count). The number of fused-ring (bicyclic) bond motifs is 1. The Bertz CT molecular complexity index is 1200. The molecule has 11 heteroatoms. The van der Waals surface area contributed by atoms with Gasteiger partial charge in [0.15, 0.2) is 17.6 Å². The first-order chi connectivity index (χ1) is 16.0. The van der Waals surface area contributed by atoms with Crippen LogP contribution in [0.3, 0.4) is 0 Å². The molecule has 0 bridgehead atoms. The molecule has 0 aromatic heterocycles. The Hall–Kier alpha value is -4.41. The molecule has 2 atom stereocenters. The molecule has 1 N–H and O–H groups in total. The van der Waals surface area contributed by atoms with Gasteiger partial charge in [-0.2, -0.15) is 0 Å². The van der Waals surface area contributed by atoms with Gasteiger partial charge in [0.25, 0.3) is 0 Å². The lowest BCUT2D eigenvalue weighted by atomic mass is 9.92. The maximum absolute atomic E-state index is 13.3. The fourth-order valence-electron chi connectivity index (χ4n) is 3.34. The smallest absolute Gasteiger partial charge is 0.308 e. The molecule has 11 nitrogen and oxygen atoms in total. The molecular formula is C23H20O11. The third-order valence-corrected chi connectivity index (χ3v) is 4.43. The summed E-state index contributed by atoms with van der Waals surface area (Å²) < 4.78 is 26.3. The third kappa shape index (κ3) is 5.31. The number of hydrogen-bond donors (Lipinski definition) is 1. The van der Waals surface area contributed by atoms with E-state index in [2.05, 4.69) is 0 Å². The van der Waals surface area contributed by atoms with Gasteiger partial charge in [-0.3, -0.25) is 24.0 Å². The van der Waals surface area contributed by atoms with Crippen LogP contribution in [0, 0.1) is 0 Å². The van der Waals surface area contributed by atoms with Gasteiger partial charge >= 0.3 is 23.9 Å². The highest BCUT2D eigenvalue weighted by Crippen LogP contribution is 2.44. The number of hydrogen-bond acceptors (Lipinski definition) is 11. The predicted molar refractivity (Wildman–Crippen MR) is 112 cm³/mol. The number of phenolic OH excluding ortho intramolecular Hbond substituents is 1. The van der Waals surface area contributed by atoms with Crippen molar-refractivity contribution in [1.82, 2.24) is 0 Å². The fraction of sp³-hybridized carbons (Fsp3) is 0.261. The zero-order valence-electron chi connectivity index (χ0n) is 18.6. The minimum atomic E-state index is -1.52. The summed E-state index contributed by atoms with van der Waals surface area (Å²) in [7, 11) is 0. The molecule has 0 saturated carbocycles. The van der Waals surface area contributed by atoms with Gasteiger partial charge in [-0.05, 0) is 12.1 Å². The number of ether oxygens (including phenoxy) is 5. The molecule has 1 heterocycles. The molecular weight excluding hydrogens is 452 g/mol. The molecule has 178 valence electrons. The Balaban J connectivity index is 2.14. The number of ketones is 1. The summed E-state index contributed by atoms with van der Waals surface area (Å²) in [5.74, 6) is -4.61. The molecule has 34 heavy (non-hydrogen) atoms. The van der Waals surface area contributed by atoms with Crippen LogP contribution in [0.25, 0.3) is 0 Å². The van der Waals surface area contributed by atoms with E-state index in [4.69, 9.17) is 23.7 Å². The largest absolute Gasteiger partial charge is 0.508 e. The first kappa shape index (κ1) is 24.2. The van der Waals surface area contributed by atoms with Crippen LogP contribution in [-0.2, 0) is 23.9 Å². The molecule has 2 aromatic carbocycles. The molecule has 0 spiro atoms. The molecule has 0 radical (unpaired) electrons. The van der Waals surface area contributed by atoms with Gasteiger partial charge in [0.05, 0.1) is 0 Å². The number of carbonyl (C=O) groups is 5. The Morgan fingerprint density at radius 3 is 1.97 bits per heavy atom. The zero-order chi connectivity index (χ0) is 25.2. The van der Waals surface area contributed by atoms with Crippen molar-refractivity contribution in [2.24, 2.45) is 0 Å². The molecule has 1 aliphatic rings. The van der Waals surface area contributed by atoms with Crippen LogP contribution in [0.2, 0.25) is 0 Å². The molecule has 0 saturated heterocycles. The second-order valence-corrected chi connectivity index (χ2v) is 7.24. The highest BCUT2D eigenvalue weighted by molar-refractivity contribution is 6.07. The van der Waals surface area contributed by atoms with Crippen LogP contribution in [0.15, 0.2) is 30.3 Å². The van der Waals surface area contributed by atoms with E-state index in [-0.39, 0.29) is 39.9 Å². The van der Waals surface area contributed by atoms with Crippen molar-refractivity contribution in [3.63, 3.8) is 0 Å². The first-order valence-electron chi connectivity index (χ1n) is 9.90. The van der Waals surface area contributed by atoms with Gasteiger partial charge in [0.1, 0.15) is 22.8 Å². The van der Waals surface area contributed by atoms with Gasteiger partial charge < -0.3 is 28.8 Å². The van der Waals surface area contributed by atoms with Gasteiger partial charge in [-0.25, -0.2) is 0 Å². The van der Waals surface area contributed by atoms with Crippen LogP contribution in [0.1, 0.15) is 49.7 Å². The fourth-order valence-corrected chi connectivity index (χ4v) is 3.34. The third-order valence-electron chi connectivity index (χ3n) is 4.43. The van der Waals surface area contributed by atoms with Crippen LogP contribution < -0.4 is 18.9 Å². The minimum Gasteiger partial charge on any atom is -0.508 e. The average Bonchev–Trinajstić information content (AvgIpc) is 2.69. The van der Waals surface area contributed by atoms with Gasteiger partial charge in [-0.15, -0.1) is 0 Å². The van der Waals surface area contributed by atoms with E-state index >= 15 is 0 Å². The molecule has 2 aromatic rings. The van der Waals surface area contributed by atoms with Gasteiger partial charge in [0, 0.05) is 45.4 Å². The second-order valence-electron chi connectivity index (χ2n) is 7.24. The number of carbonyl (C=O) groups excluding carboxylic acids is 5. The Morgan fingerprint density at radius 2 is 1.38 bits per heavy atom. The summed E-state index contributed by atoms with van der Waals surface area (Å²) in [5.41, 5.74) is 0.0158. The van der Waals surface area contributed by atoms with Crippen LogP contribution in [0.4, 0.5) is 0 Å². The molecule has 1 aliphatic heterocycles. The SMILES string of the molecule is CC(=O)Oc1ccc([C@H]2Oc3cc(O)cc(OC(C)=O)c3C(=O)[C@@H]2OC(C)=O)cc1OC(C)=O. The lowest BCUT2D eigenvalue weighted by molar-refractivity contribution is -0.149. The summed E-state index contributed by atoms with van der Waals surface area (Å²) in [6.07, 6.45) is -2.77. The Labute approximate surface area is 193 Å². The maximum atomic E-state index is 13.3. The van der Waals surface area contributed by atoms with E-state index < -0.39 is 41.9 Å². The number of aromatic hydroxyl groups is 1. The van der Waals surface area contributed by atoms with Crippen molar-refractivity contribution in [2.75, 3.05) is 0 Å². The summed E-state index contributed by atoms with van der Waals surface area (Å²) in [6.45, 7) is 4.51. The van der Waals surface area contributed by atoms with Crippen LogP contribution in [0.5, 0.6) is 28.7 Å². The first-order valence-corrected chi connectivity index (χ1v) is 9.90. The van der Waals surface area contributed by atoms with Crippen molar-refractivity contribution in [1.29, 1.82) is 0 Å². The lowest BCUT2D eigenvalue weighted by Crippen LogP contribution is -2.40. The number of esters is 4. The molecule has 0 unspecified atom stereocenters. The number of rotatable bonds is 5. The van der Waals surface area contributed by atoms with Gasteiger partial charge in [-0.1, -0.05) is 6.07 Å². The van der Waals surface area contributed by atoms with Crippen LogP contribution >= 0.6 is 0 Å². The average molecular weight is 472 g/mol. The highest BCUT2D eigenvalue weighted by atomic mass is 16.6. The molecule has 0 fully saturated rings. The topological polar surface area (TPSA) is 152 Å². The Morgan fingerprint density at radius 1 is 0.794 bits per heavy atom.